The third-order valence-electron chi connectivity index (χ3n) is 3.21. The summed E-state index contributed by atoms with van der Waals surface area (Å²) in [4.78, 5) is 43.6. The van der Waals surface area contributed by atoms with Crippen molar-refractivity contribution in [2.75, 3.05) is 18.5 Å². The Morgan fingerprint density at radius 2 is 1.75 bits per heavy atom. The maximum Gasteiger partial charge on any atom is 0.344 e. The number of nitro groups is 2. The number of nitrogens with one attached hydrogen (secondary N) is 1. The van der Waals surface area contributed by atoms with Crippen LogP contribution >= 0.6 is 11.6 Å². The zero-order valence-corrected chi connectivity index (χ0v) is 14.7. The first-order valence-electron chi connectivity index (χ1n) is 7.53. The smallest absolute Gasteiger partial charge is 0.344 e. The maximum absolute atomic E-state index is 11.8. The van der Waals surface area contributed by atoms with Crippen LogP contribution in [0, 0.1) is 20.2 Å². The van der Waals surface area contributed by atoms with Crippen LogP contribution in [0.1, 0.15) is 0 Å². The molecule has 0 aliphatic heterocycles. The average Bonchev–Trinajstić information content (AvgIpc) is 2.66. The largest absolute Gasteiger partial charge is 0.475 e. The molecule has 0 saturated heterocycles. The molecule has 0 spiro atoms. The molecule has 0 saturated carbocycles. The number of halogens is 1. The Bertz CT molecular complexity index is 934. The molecule has 0 unspecified atom stereocenters. The molecular formula is C16H12ClN3O8. The van der Waals surface area contributed by atoms with Crippen molar-refractivity contribution < 1.29 is 28.9 Å². The van der Waals surface area contributed by atoms with E-state index in [-0.39, 0.29) is 27.8 Å². The number of anilines is 1. The van der Waals surface area contributed by atoms with Gasteiger partial charge in [0.1, 0.15) is 0 Å². The lowest BCUT2D eigenvalue weighted by molar-refractivity contribution is -0.385. The minimum Gasteiger partial charge on any atom is -0.475 e. The summed E-state index contributed by atoms with van der Waals surface area (Å²) in [5.74, 6) is -1.79. The standard InChI is InChI=1S/C16H12ClN3O8/c17-11-7-10(19(23)24)5-6-12(11)18-15(21)8-28-16(22)9-27-14-4-2-1-3-13(14)20(25)26/h1-7H,8-9H2,(H,18,21). The number of nitro benzene ring substituents is 2. The van der Waals surface area contributed by atoms with Gasteiger partial charge in [-0.05, 0) is 12.1 Å². The number of hydrogen-bond acceptors (Lipinski definition) is 8. The molecular weight excluding hydrogens is 398 g/mol. The van der Waals surface area contributed by atoms with Crippen LogP contribution in [0.5, 0.6) is 5.75 Å². The fraction of sp³-hybridized carbons (Fsp3) is 0.125. The summed E-state index contributed by atoms with van der Waals surface area (Å²) in [6, 6.07) is 8.90. The van der Waals surface area contributed by atoms with E-state index in [2.05, 4.69) is 5.32 Å². The monoisotopic (exact) mass is 409 g/mol. The van der Waals surface area contributed by atoms with Crippen molar-refractivity contribution in [3.63, 3.8) is 0 Å². The number of hydrogen-bond donors (Lipinski definition) is 1. The maximum atomic E-state index is 11.8. The summed E-state index contributed by atoms with van der Waals surface area (Å²) >= 11 is 5.84. The average molecular weight is 410 g/mol. The van der Waals surface area contributed by atoms with Crippen molar-refractivity contribution in [2.45, 2.75) is 0 Å². The SMILES string of the molecule is O=C(COC(=O)COc1ccccc1[N+](=O)[O-])Nc1ccc([N+](=O)[O-])cc1Cl. The van der Waals surface area contributed by atoms with Crippen molar-refractivity contribution in [1.29, 1.82) is 0 Å². The minimum atomic E-state index is -0.928. The van der Waals surface area contributed by atoms with Gasteiger partial charge in [0.2, 0.25) is 0 Å². The molecule has 0 bridgehead atoms. The summed E-state index contributed by atoms with van der Waals surface area (Å²) in [6.07, 6.45) is 0. The van der Waals surface area contributed by atoms with Crippen molar-refractivity contribution in [3.05, 3.63) is 67.7 Å². The lowest BCUT2D eigenvalue weighted by atomic mass is 10.3. The van der Waals surface area contributed by atoms with Gasteiger partial charge in [0.15, 0.2) is 19.0 Å². The van der Waals surface area contributed by atoms with Crippen LogP contribution in [0.3, 0.4) is 0 Å². The number of amides is 1. The molecule has 0 radical (unpaired) electrons. The predicted octanol–water partition coefficient (Wildman–Crippen LogP) is 2.72. The summed E-state index contributed by atoms with van der Waals surface area (Å²) in [6.45, 7) is -1.32. The van der Waals surface area contributed by atoms with E-state index in [1.807, 2.05) is 0 Å². The molecule has 12 heteroatoms. The van der Waals surface area contributed by atoms with Gasteiger partial charge < -0.3 is 14.8 Å². The molecule has 0 aromatic heterocycles. The molecule has 0 aliphatic rings. The zero-order chi connectivity index (χ0) is 20.7. The number of carbonyl (C=O) groups is 2. The summed E-state index contributed by atoms with van der Waals surface area (Å²) in [7, 11) is 0. The van der Waals surface area contributed by atoms with E-state index in [9.17, 15) is 29.8 Å². The van der Waals surface area contributed by atoms with Crippen LogP contribution in [-0.4, -0.2) is 34.9 Å². The van der Waals surface area contributed by atoms with E-state index in [4.69, 9.17) is 21.1 Å². The molecule has 0 fully saturated rings. The highest BCUT2D eigenvalue weighted by molar-refractivity contribution is 6.34. The Kier molecular flexibility index (Phi) is 6.82. The van der Waals surface area contributed by atoms with Gasteiger partial charge in [0, 0.05) is 18.2 Å². The lowest BCUT2D eigenvalue weighted by Crippen LogP contribution is -2.23. The normalized spacial score (nSPS) is 10.0. The molecule has 28 heavy (non-hydrogen) atoms. The highest BCUT2D eigenvalue weighted by atomic mass is 35.5. The lowest BCUT2D eigenvalue weighted by Gasteiger charge is -2.09. The first kappa shape index (κ1) is 20.6. The van der Waals surface area contributed by atoms with Crippen molar-refractivity contribution >= 4 is 40.5 Å². The van der Waals surface area contributed by atoms with Gasteiger partial charge >= 0.3 is 11.7 Å². The van der Waals surface area contributed by atoms with Crippen LogP contribution in [0.25, 0.3) is 0 Å². The topological polar surface area (TPSA) is 151 Å². The van der Waals surface area contributed by atoms with E-state index >= 15 is 0 Å². The van der Waals surface area contributed by atoms with E-state index in [0.717, 1.165) is 12.1 Å². The van der Waals surface area contributed by atoms with Crippen molar-refractivity contribution in [1.82, 2.24) is 0 Å². The van der Waals surface area contributed by atoms with Gasteiger partial charge in [-0.3, -0.25) is 25.0 Å². The van der Waals surface area contributed by atoms with Crippen LogP contribution in [0.15, 0.2) is 42.5 Å². The second-order valence-electron chi connectivity index (χ2n) is 5.14. The highest BCUT2D eigenvalue weighted by Gasteiger charge is 2.16. The Morgan fingerprint density at radius 3 is 2.39 bits per heavy atom. The van der Waals surface area contributed by atoms with E-state index in [1.165, 1.54) is 30.3 Å². The molecule has 2 aromatic carbocycles. The van der Waals surface area contributed by atoms with Gasteiger partial charge in [0.05, 0.1) is 20.6 Å². The Balaban J connectivity index is 1.84. The molecule has 1 amide bonds. The first-order valence-corrected chi connectivity index (χ1v) is 7.91. The number of benzene rings is 2. The van der Waals surface area contributed by atoms with E-state index in [0.29, 0.717) is 0 Å². The highest BCUT2D eigenvalue weighted by Crippen LogP contribution is 2.27. The number of nitrogens with zero attached hydrogens (tertiary/aromatic N) is 2. The number of carbonyl (C=O) groups excluding carboxylic acids is 2. The molecule has 1 N–H and O–H groups in total. The van der Waals surface area contributed by atoms with Gasteiger partial charge in [-0.1, -0.05) is 23.7 Å². The quantitative estimate of drug-likeness (QED) is 0.397. The van der Waals surface area contributed by atoms with Crippen molar-refractivity contribution in [3.8, 4) is 5.75 Å². The van der Waals surface area contributed by atoms with Gasteiger partial charge in [0.25, 0.3) is 11.6 Å². The first-order chi connectivity index (χ1) is 13.3. The molecule has 0 heterocycles. The van der Waals surface area contributed by atoms with Crippen molar-refractivity contribution in [2.24, 2.45) is 0 Å². The van der Waals surface area contributed by atoms with Crippen LogP contribution in [0.4, 0.5) is 17.1 Å². The van der Waals surface area contributed by atoms with E-state index < -0.39 is 34.9 Å². The Hall–Kier alpha value is -3.73. The summed E-state index contributed by atoms with van der Waals surface area (Å²) in [5, 5.41) is 23.8. The van der Waals surface area contributed by atoms with Crippen LogP contribution < -0.4 is 10.1 Å². The Labute approximate surface area is 162 Å². The predicted molar refractivity (Wildman–Crippen MR) is 96.3 cm³/mol. The molecule has 11 nitrogen and oxygen atoms in total. The fourth-order valence-corrected chi connectivity index (χ4v) is 2.18. The number of non-ortho nitro benzene ring substituents is 1. The van der Waals surface area contributed by atoms with Crippen LogP contribution in [-0.2, 0) is 14.3 Å². The molecule has 146 valence electrons. The number of ether oxygens (including phenoxy) is 2. The second kappa shape index (κ2) is 9.28. The molecule has 0 atom stereocenters. The van der Waals surface area contributed by atoms with Gasteiger partial charge in [-0.15, -0.1) is 0 Å². The van der Waals surface area contributed by atoms with E-state index in [1.54, 1.807) is 0 Å². The third kappa shape index (κ3) is 5.64. The fourth-order valence-electron chi connectivity index (χ4n) is 1.96. The molecule has 2 rings (SSSR count). The van der Waals surface area contributed by atoms with Crippen LogP contribution in [0.2, 0.25) is 5.02 Å². The molecule has 2 aromatic rings. The zero-order valence-electron chi connectivity index (χ0n) is 14.0. The molecule has 0 aliphatic carbocycles. The summed E-state index contributed by atoms with van der Waals surface area (Å²) < 4.78 is 9.74. The number of para-hydroxylation sites is 2. The second-order valence-corrected chi connectivity index (χ2v) is 5.55. The summed E-state index contributed by atoms with van der Waals surface area (Å²) in [5.41, 5.74) is -0.466. The third-order valence-corrected chi connectivity index (χ3v) is 3.52. The number of esters is 1. The van der Waals surface area contributed by atoms with Gasteiger partial charge in [-0.25, -0.2) is 4.79 Å². The number of rotatable bonds is 8. The Morgan fingerprint density at radius 1 is 1.04 bits per heavy atom. The minimum absolute atomic E-state index is 0.0615. The van der Waals surface area contributed by atoms with Gasteiger partial charge in [-0.2, -0.15) is 0 Å².